The van der Waals surface area contributed by atoms with E-state index in [2.05, 4.69) is 10.4 Å². The minimum Gasteiger partial charge on any atom is -0.487 e. The zero-order valence-corrected chi connectivity index (χ0v) is 15.1. The molecule has 1 N–H and O–H groups in total. The maximum Gasteiger partial charge on any atom is 0.222 e. The average Bonchev–Trinajstić information content (AvgIpc) is 3.05. The molecule has 0 bridgehead atoms. The molecular weight excluding hydrogens is 330 g/mol. The molecule has 26 heavy (non-hydrogen) atoms. The first kappa shape index (κ1) is 17.1. The molecule has 138 valence electrons. The van der Waals surface area contributed by atoms with Crippen molar-refractivity contribution in [2.75, 3.05) is 13.2 Å². The van der Waals surface area contributed by atoms with E-state index in [-0.39, 0.29) is 17.6 Å². The van der Waals surface area contributed by atoms with E-state index in [4.69, 9.17) is 9.47 Å². The Bertz CT molecular complexity index is 780. The van der Waals surface area contributed by atoms with Gasteiger partial charge < -0.3 is 14.8 Å². The van der Waals surface area contributed by atoms with E-state index < -0.39 is 0 Å². The molecule has 2 aliphatic rings. The number of para-hydroxylation sites is 1. The number of carbonyl (C=O) groups excluding carboxylic acids is 1. The second-order valence-corrected chi connectivity index (χ2v) is 7.21. The molecule has 0 saturated carbocycles. The van der Waals surface area contributed by atoms with Gasteiger partial charge in [0.1, 0.15) is 11.4 Å². The highest BCUT2D eigenvalue weighted by Gasteiger charge is 2.42. The Morgan fingerprint density at radius 2 is 2.12 bits per heavy atom. The average molecular weight is 355 g/mol. The summed E-state index contributed by atoms with van der Waals surface area (Å²) >= 11 is 0. The summed E-state index contributed by atoms with van der Waals surface area (Å²) in [7, 11) is 0. The van der Waals surface area contributed by atoms with E-state index in [1.54, 1.807) is 6.20 Å². The standard InChI is InChI=1S/C20H25N3O3/c1-15-6-10-21-23(15)11-7-19(24)22-17-14-20(8-12-25-13-9-20)26-18-5-3-2-4-16(17)18/h2-6,10,17H,7-9,11-14H2,1H3,(H,22,24)/t17-/m0/s1. The molecule has 0 aliphatic carbocycles. The molecule has 1 amide bonds. The van der Waals surface area contributed by atoms with Crippen LogP contribution in [0.5, 0.6) is 5.75 Å². The van der Waals surface area contributed by atoms with Crippen molar-refractivity contribution < 1.29 is 14.3 Å². The van der Waals surface area contributed by atoms with Crippen molar-refractivity contribution in [1.29, 1.82) is 0 Å². The van der Waals surface area contributed by atoms with Crippen LogP contribution >= 0.6 is 0 Å². The molecule has 2 aromatic rings. The predicted molar refractivity (Wildman–Crippen MR) is 96.9 cm³/mol. The Balaban J connectivity index is 1.47. The van der Waals surface area contributed by atoms with Crippen LogP contribution in [0.2, 0.25) is 0 Å². The van der Waals surface area contributed by atoms with E-state index in [1.807, 2.05) is 41.9 Å². The largest absolute Gasteiger partial charge is 0.487 e. The van der Waals surface area contributed by atoms with Gasteiger partial charge in [0, 0.05) is 49.7 Å². The van der Waals surface area contributed by atoms with Crippen LogP contribution in [0.25, 0.3) is 0 Å². The molecule has 0 radical (unpaired) electrons. The highest BCUT2D eigenvalue weighted by Crippen LogP contribution is 2.43. The minimum absolute atomic E-state index is 0.0238. The Morgan fingerprint density at radius 1 is 1.31 bits per heavy atom. The van der Waals surface area contributed by atoms with Crippen molar-refractivity contribution >= 4 is 5.91 Å². The van der Waals surface area contributed by atoms with E-state index in [1.165, 1.54) is 0 Å². The Kier molecular flexibility index (Phi) is 4.68. The lowest BCUT2D eigenvalue weighted by Gasteiger charge is -2.44. The molecule has 6 heteroatoms. The van der Waals surface area contributed by atoms with Crippen LogP contribution in [0.1, 0.15) is 43.0 Å². The molecule has 3 heterocycles. The first-order valence-electron chi connectivity index (χ1n) is 9.29. The molecule has 1 fully saturated rings. The third-order valence-electron chi connectivity index (χ3n) is 5.42. The van der Waals surface area contributed by atoms with Crippen molar-refractivity contribution in [2.24, 2.45) is 0 Å². The van der Waals surface area contributed by atoms with Gasteiger partial charge in [-0.1, -0.05) is 18.2 Å². The number of ether oxygens (including phenoxy) is 2. The second-order valence-electron chi connectivity index (χ2n) is 7.21. The summed E-state index contributed by atoms with van der Waals surface area (Å²) in [6, 6.07) is 9.95. The first-order chi connectivity index (χ1) is 12.7. The number of amides is 1. The topological polar surface area (TPSA) is 65.4 Å². The molecule has 1 aromatic carbocycles. The smallest absolute Gasteiger partial charge is 0.222 e. The van der Waals surface area contributed by atoms with Gasteiger partial charge >= 0.3 is 0 Å². The number of nitrogens with zero attached hydrogens (tertiary/aromatic N) is 2. The number of carbonyl (C=O) groups is 1. The Hall–Kier alpha value is -2.34. The van der Waals surface area contributed by atoms with Crippen molar-refractivity contribution in [3.05, 3.63) is 47.8 Å². The van der Waals surface area contributed by atoms with Gasteiger partial charge in [0.15, 0.2) is 0 Å². The van der Waals surface area contributed by atoms with Crippen LogP contribution in [0, 0.1) is 6.92 Å². The van der Waals surface area contributed by atoms with Crippen molar-refractivity contribution in [3.8, 4) is 5.75 Å². The second kappa shape index (κ2) is 7.11. The number of hydrogen-bond donors (Lipinski definition) is 1. The first-order valence-corrected chi connectivity index (χ1v) is 9.29. The maximum atomic E-state index is 12.6. The lowest BCUT2D eigenvalue weighted by molar-refractivity contribution is -0.123. The Morgan fingerprint density at radius 3 is 2.88 bits per heavy atom. The third-order valence-corrected chi connectivity index (χ3v) is 5.42. The van der Waals surface area contributed by atoms with Gasteiger partial charge in [0.05, 0.1) is 19.3 Å². The predicted octanol–water partition coefficient (Wildman–Crippen LogP) is 2.77. The monoisotopic (exact) mass is 355 g/mol. The molecule has 6 nitrogen and oxygen atoms in total. The van der Waals surface area contributed by atoms with Crippen LogP contribution in [-0.2, 0) is 16.1 Å². The van der Waals surface area contributed by atoms with Crippen molar-refractivity contribution in [1.82, 2.24) is 15.1 Å². The number of nitrogens with one attached hydrogen (secondary N) is 1. The Labute approximate surface area is 153 Å². The molecule has 1 spiro atoms. The van der Waals surface area contributed by atoms with Crippen molar-refractivity contribution in [2.45, 2.75) is 50.8 Å². The summed E-state index contributed by atoms with van der Waals surface area (Å²) < 4.78 is 13.7. The summed E-state index contributed by atoms with van der Waals surface area (Å²) in [5.41, 5.74) is 1.90. The SMILES string of the molecule is Cc1ccnn1CCC(=O)N[C@H]1CC2(CCOCC2)Oc2ccccc21. The van der Waals surface area contributed by atoms with Gasteiger partial charge in [-0.05, 0) is 19.1 Å². The molecule has 0 unspecified atom stereocenters. The minimum atomic E-state index is -0.233. The highest BCUT2D eigenvalue weighted by atomic mass is 16.5. The van der Waals surface area contributed by atoms with Gasteiger partial charge in [-0.25, -0.2) is 0 Å². The third kappa shape index (κ3) is 3.46. The summed E-state index contributed by atoms with van der Waals surface area (Å²) in [4.78, 5) is 12.6. The maximum absolute atomic E-state index is 12.6. The van der Waals surface area contributed by atoms with Crippen LogP contribution in [0.3, 0.4) is 0 Å². The lowest BCUT2D eigenvalue weighted by Crippen LogP contribution is -2.48. The summed E-state index contributed by atoms with van der Waals surface area (Å²) in [6.45, 7) is 4.01. The van der Waals surface area contributed by atoms with Gasteiger partial charge in [-0.15, -0.1) is 0 Å². The van der Waals surface area contributed by atoms with Crippen LogP contribution in [-0.4, -0.2) is 34.5 Å². The molecular formula is C20H25N3O3. The fourth-order valence-corrected chi connectivity index (χ4v) is 3.90. The quantitative estimate of drug-likeness (QED) is 0.916. The van der Waals surface area contributed by atoms with Gasteiger partial charge in [-0.3, -0.25) is 9.48 Å². The number of aromatic nitrogens is 2. The zero-order valence-electron chi connectivity index (χ0n) is 15.1. The van der Waals surface area contributed by atoms with Crippen LogP contribution < -0.4 is 10.1 Å². The molecule has 4 rings (SSSR count). The fraction of sp³-hybridized carbons (Fsp3) is 0.500. The van der Waals surface area contributed by atoms with Crippen LogP contribution in [0.4, 0.5) is 0 Å². The summed E-state index contributed by atoms with van der Waals surface area (Å²) in [5.74, 6) is 0.928. The molecule has 1 atom stereocenters. The molecule has 2 aliphatic heterocycles. The number of rotatable bonds is 4. The summed E-state index contributed by atoms with van der Waals surface area (Å²) in [5, 5.41) is 7.47. The van der Waals surface area contributed by atoms with E-state index in [9.17, 15) is 4.79 Å². The number of benzene rings is 1. The van der Waals surface area contributed by atoms with Gasteiger partial charge in [0.25, 0.3) is 0 Å². The fourth-order valence-electron chi connectivity index (χ4n) is 3.90. The van der Waals surface area contributed by atoms with Gasteiger partial charge in [0.2, 0.25) is 5.91 Å². The van der Waals surface area contributed by atoms with Gasteiger partial charge in [-0.2, -0.15) is 5.10 Å². The normalized spacial score (nSPS) is 21.0. The van der Waals surface area contributed by atoms with E-state index in [0.29, 0.717) is 26.2 Å². The van der Waals surface area contributed by atoms with Crippen LogP contribution in [0.15, 0.2) is 36.5 Å². The highest BCUT2D eigenvalue weighted by molar-refractivity contribution is 5.76. The van der Waals surface area contributed by atoms with E-state index in [0.717, 1.165) is 36.3 Å². The van der Waals surface area contributed by atoms with E-state index >= 15 is 0 Å². The summed E-state index contributed by atoms with van der Waals surface area (Å²) in [6.07, 6.45) is 4.69. The zero-order chi connectivity index (χ0) is 18.0. The molecule has 1 aromatic heterocycles. The van der Waals surface area contributed by atoms with Crippen molar-refractivity contribution in [3.63, 3.8) is 0 Å². The number of fused-ring (bicyclic) bond motifs is 1. The lowest BCUT2D eigenvalue weighted by atomic mass is 9.82. The molecule has 1 saturated heterocycles. The number of hydrogen-bond acceptors (Lipinski definition) is 4. The number of aryl methyl sites for hydroxylation is 2.